The van der Waals surface area contributed by atoms with Gasteiger partial charge >= 0.3 is 6.09 Å². The van der Waals surface area contributed by atoms with Crippen molar-refractivity contribution in [2.75, 3.05) is 13.1 Å². The van der Waals surface area contributed by atoms with E-state index in [0.29, 0.717) is 0 Å². The third-order valence-corrected chi connectivity index (χ3v) is 2.43. The van der Waals surface area contributed by atoms with Crippen LogP contribution in [0.4, 0.5) is 4.79 Å². The summed E-state index contributed by atoms with van der Waals surface area (Å²) in [5.41, 5.74) is 0.907. The minimum atomic E-state index is -0.665. The van der Waals surface area contributed by atoms with Crippen LogP contribution in [0, 0.1) is 0 Å². The number of rotatable bonds is 7. The van der Waals surface area contributed by atoms with Gasteiger partial charge in [0.05, 0.1) is 6.10 Å². The summed E-state index contributed by atoms with van der Waals surface area (Å²) in [6.07, 6.45) is 1.42. The second kappa shape index (κ2) is 9.55. The zero-order chi connectivity index (χ0) is 15.5. The van der Waals surface area contributed by atoms with E-state index in [1.807, 2.05) is 30.3 Å². The van der Waals surface area contributed by atoms with Gasteiger partial charge in [0.1, 0.15) is 6.61 Å². The molecule has 0 saturated carbocycles. The lowest BCUT2D eigenvalue weighted by molar-refractivity contribution is -0.116. The van der Waals surface area contributed by atoms with Crippen molar-refractivity contribution in [3.63, 3.8) is 0 Å². The first-order valence-electron chi connectivity index (χ1n) is 6.66. The van der Waals surface area contributed by atoms with Gasteiger partial charge < -0.3 is 20.5 Å². The van der Waals surface area contributed by atoms with E-state index in [9.17, 15) is 9.59 Å². The second-order valence-corrected chi connectivity index (χ2v) is 4.38. The third-order valence-electron chi connectivity index (χ3n) is 2.43. The number of amides is 2. The number of carbonyl (C=O) groups is 2. The Balaban J connectivity index is 2.10. The summed E-state index contributed by atoms with van der Waals surface area (Å²) in [7, 11) is 0. The average molecular weight is 292 g/mol. The first kappa shape index (κ1) is 16.7. The summed E-state index contributed by atoms with van der Waals surface area (Å²) in [6, 6.07) is 9.35. The van der Waals surface area contributed by atoms with Crippen LogP contribution in [0.3, 0.4) is 0 Å². The van der Waals surface area contributed by atoms with Gasteiger partial charge in [0.15, 0.2) is 0 Å². The molecule has 114 valence electrons. The molecule has 0 aliphatic carbocycles. The molecule has 3 N–H and O–H groups in total. The van der Waals surface area contributed by atoms with E-state index >= 15 is 0 Å². The molecule has 0 bridgehead atoms. The molecule has 2 amide bonds. The van der Waals surface area contributed by atoms with Crippen molar-refractivity contribution in [2.45, 2.75) is 19.6 Å². The molecule has 1 aromatic rings. The number of alkyl carbamates (subject to hydrolysis) is 1. The highest BCUT2D eigenvalue weighted by Crippen LogP contribution is 2.00. The number of aliphatic hydroxyl groups is 1. The zero-order valence-corrected chi connectivity index (χ0v) is 11.9. The molecule has 21 heavy (non-hydrogen) atoms. The Kier molecular flexibility index (Phi) is 7.60. The smallest absolute Gasteiger partial charge is 0.407 e. The number of hydrogen-bond acceptors (Lipinski definition) is 4. The van der Waals surface area contributed by atoms with Gasteiger partial charge in [-0.25, -0.2) is 4.79 Å². The summed E-state index contributed by atoms with van der Waals surface area (Å²) in [4.78, 5) is 22.6. The summed E-state index contributed by atoms with van der Waals surface area (Å²) >= 11 is 0. The van der Waals surface area contributed by atoms with E-state index in [0.717, 1.165) is 5.56 Å². The normalized spacial score (nSPS) is 11.9. The van der Waals surface area contributed by atoms with Gasteiger partial charge in [0.25, 0.3) is 0 Å². The zero-order valence-electron chi connectivity index (χ0n) is 11.9. The van der Waals surface area contributed by atoms with Gasteiger partial charge in [-0.15, -0.1) is 0 Å². The molecule has 0 fully saturated rings. The van der Waals surface area contributed by atoms with Crippen LogP contribution in [-0.4, -0.2) is 36.3 Å². The molecule has 0 spiro atoms. The van der Waals surface area contributed by atoms with Crippen LogP contribution in [0.1, 0.15) is 12.5 Å². The average Bonchev–Trinajstić information content (AvgIpc) is 2.48. The van der Waals surface area contributed by atoms with Crippen LogP contribution in [0.25, 0.3) is 0 Å². The molecular weight excluding hydrogens is 272 g/mol. The van der Waals surface area contributed by atoms with Crippen molar-refractivity contribution in [1.82, 2.24) is 10.6 Å². The molecule has 6 heteroatoms. The largest absolute Gasteiger partial charge is 0.445 e. The Hall–Kier alpha value is -2.34. The fourth-order valence-corrected chi connectivity index (χ4v) is 1.41. The Labute approximate surface area is 123 Å². The van der Waals surface area contributed by atoms with Crippen molar-refractivity contribution in [3.05, 3.63) is 48.0 Å². The molecular formula is C15H20N2O4. The molecule has 1 rings (SSSR count). The monoisotopic (exact) mass is 292 g/mol. The van der Waals surface area contributed by atoms with Crippen LogP contribution in [0.5, 0.6) is 0 Å². The van der Waals surface area contributed by atoms with E-state index in [1.54, 1.807) is 6.92 Å². The lowest BCUT2D eigenvalue weighted by Crippen LogP contribution is -2.34. The highest BCUT2D eigenvalue weighted by molar-refractivity contribution is 5.87. The molecule has 1 atom stereocenters. The SMILES string of the molecule is CC(O)C=CC(=O)NCCNC(=O)OCc1ccccc1. The van der Waals surface area contributed by atoms with Gasteiger partial charge in [-0.1, -0.05) is 36.4 Å². The van der Waals surface area contributed by atoms with E-state index in [1.165, 1.54) is 12.2 Å². The molecule has 6 nitrogen and oxygen atoms in total. The highest BCUT2D eigenvalue weighted by atomic mass is 16.5. The van der Waals surface area contributed by atoms with Crippen LogP contribution in [0.15, 0.2) is 42.5 Å². The van der Waals surface area contributed by atoms with Crippen molar-refractivity contribution >= 4 is 12.0 Å². The number of ether oxygens (including phenoxy) is 1. The van der Waals surface area contributed by atoms with E-state index in [4.69, 9.17) is 9.84 Å². The van der Waals surface area contributed by atoms with Crippen LogP contribution < -0.4 is 10.6 Å². The van der Waals surface area contributed by atoms with Crippen molar-refractivity contribution in [2.24, 2.45) is 0 Å². The standard InChI is InChI=1S/C15H20N2O4/c1-12(18)7-8-14(19)16-9-10-17-15(20)21-11-13-5-3-2-4-6-13/h2-8,12,18H,9-11H2,1H3,(H,16,19)(H,17,20). The number of nitrogens with one attached hydrogen (secondary N) is 2. The van der Waals surface area contributed by atoms with Gasteiger partial charge in [0.2, 0.25) is 5.91 Å². The van der Waals surface area contributed by atoms with Crippen LogP contribution in [0.2, 0.25) is 0 Å². The summed E-state index contributed by atoms with van der Waals surface area (Å²) in [5.74, 6) is -0.324. The number of carbonyl (C=O) groups excluding carboxylic acids is 2. The lowest BCUT2D eigenvalue weighted by Gasteiger charge is -2.07. The minimum Gasteiger partial charge on any atom is -0.445 e. The van der Waals surface area contributed by atoms with Gasteiger partial charge in [-0.3, -0.25) is 4.79 Å². The Morgan fingerprint density at radius 3 is 2.57 bits per heavy atom. The molecule has 1 unspecified atom stereocenters. The fraction of sp³-hybridized carbons (Fsp3) is 0.333. The maximum absolute atomic E-state index is 11.4. The molecule has 0 aromatic heterocycles. The molecule has 0 saturated heterocycles. The van der Waals surface area contributed by atoms with E-state index < -0.39 is 12.2 Å². The topological polar surface area (TPSA) is 87.7 Å². The van der Waals surface area contributed by atoms with Gasteiger partial charge in [-0.2, -0.15) is 0 Å². The third kappa shape index (κ3) is 8.43. The van der Waals surface area contributed by atoms with Crippen LogP contribution in [-0.2, 0) is 16.1 Å². The Bertz CT molecular complexity index is 472. The number of hydrogen-bond donors (Lipinski definition) is 3. The predicted octanol–water partition coefficient (Wildman–Crippen LogP) is 0.966. The quantitative estimate of drug-likeness (QED) is 0.516. The first-order valence-corrected chi connectivity index (χ1v) is 6.66. The molecule has 0 aliphatic heterocycles. The maximum atomic E-state index is 11.4. The van der Waals surface area contributed by atoms with Crippen LogP contribution >= 0.6 is 0 Å². The Morgan fingerprint density at radius 1 is 1.24 bits per heavy atom. The summed E-state index contributed by atoms with van der Waals surface area (Å²) in [6.45, 7) is 2.30. The lowest BCUT2D eigenvalue weighted by atomic mass is 10.2. The highest BCUT2D eigenvalue weighted by Gasteiger charge is 2.02. The van der Waals surface area contributed by atoms with Gasteiger partial charge in [-0.05, 0) is 12.5 Å². The maximum Gasteiger partial charge on any atom is 0.407 e. The van der Waals surface area contributed by atoms with Crippen molar-refractivity contribution < 1.29 is 19.4 Å². The van der Waals surface area contributed by atoms with E-state index in [2.05, 4.69) is 10.6 Å². The molecule has 0 heterocycles. The predicted molar refractivity (Wildman–Crippen MR) is 78.5 cm³/mol. The second-order valence-electron chi connectivity index (χ2n) is 4.38. The fourth-order valence-electron chi connectivity index (χ4n) is 1.41. The molecule has 1 aromatic carbocycles. The van der Waals surface area contributed by atoms with E-state index in [-0.39, 0.29) is 25.6 Å². The molecule has 0 radical (unpaired) electrons. The van der Waals surface area contributed by atoms with Crippen molar-refractivity contribution in [1.29, 1.82) is 0 Å². The minimum absolute atomic E-state index is 0.205. The first-order chi connectivity index (χ1) is 10.1. The number of benzene rings is 1. The molecule has 0 aliphatic rings. The summed E-state index contributed by atoms with van der Waals surface area (Å²) < 4.78 is 5.00. The number of aliphatic hydroxyl groups excluding tert-OH is 1. The van der Waals surface area contributed by atoms with Gasteiger partial charge in [0, 0.05) is 19.2 Å². The van der Waals surface area contributed by atoms with Crippen molar-refractivity contribution in [3.8, 4) is 0 Å². The summed E-state index contributed by atoms with van der Waals surface area (Å²) in [5, 5.41) is 14.0. The Morgan fingerprint density at radius 2 is 1.90 bits per heavy atom.